The lowest BCUT2D eigenvalue weighted by atomic mass is 10.0. The molecule has 25 heavy (non-hydrogen) atoms. The van der Waals surface area contributed by atoms with Crippen LogP contribution in [0.1, 0.15) is 11.1 Å². The van der Waals surface area contributed by atoms with Gasteiger partial charge in [0.15, 0.2) is 0 Å². The summed E-state index contributed by atoms with van der Waals surface area (Å²) in [6.45, 7) is 0.235. The average molecular weight is 371 g/mol. The van der Waals surface area contributed by atoms with E-state index in [1.54, 1.807) is 18.2 Å². The number of esters is 1. The number of rotatable bonds is 5. The summed E-state index contributed by atoms with van der Waals surface area (Å²) in [4.78, 5) is 12.0. The molecule has 0 amide bonds. The Hall–Kier alpha value is -2.29. The first kappa shape index (κ1) is 17.5. The number of benzene rings is 3. The van der Waals surface area contributed by atoms with E-state index in [1.807, 2.05) is 42.5 Å². The van der Waals surface area contributed by atoms with Gasteiger partial charge in [-0.15, -0.1) is 0 Å². The van der Waals surface area contributed by atoms with Gasteiger partial charge in [0.25, 0.3) is 0 Å². The van der Waals surface area contributed by atoms with Crippen molar-refractivity contribution in [1.82, 2.24) is 0 Å². The van der Waals surface area contributed by atoms with Crippen LogP contribution in [0.4, 0.5) is 0 Å². The zero-order chi connectivity index (χ0) is 17.6. The SMILES string of the molecule is O=C(Cc1ccc(Cl)cc1Cl)OCc1ccc(-c2ccccc2)cc1. The highest BCUT2D eigenvalue weighted by Gasteiger charge is 2.09. The van der Waals surface area contributed by atoms with Crippen LogP contribution in [0.3, 0.4) is 0 Å². The maximum Gasteiger partial charge on any atom is 0.310 e. The molecule has 3 aromatic carbocycles. The molecule has 0 bridgehead atoms. The summed E-state index contributed by atoms with van der Waals surface area (Å²) in [6.07, 6.45) is 0.123. The largest absolute Gasteiger partial charge is 0.461 e. The maximum absolute atomic E-state index is 12.0. The fourth-order valence-corrected chi connectivity index (χ4v) is 2.93. The highest BCUT2D eigenvalue weighted by Crippen LogP contribution is 2.22. The van der Waals surface area contributed by atoms with Crippen LogP contribution in [0.2, 0.25) is 10.0 Å². The molecule has 0 heterocycles. The Bertz CT molecular complexity index is 859. The highest BCUT2D eigenvalue weighted by molar-refractivity contribution is 6.35. The van der Waals surface area contributed by atoms with Crippen LogP contribution < -0.4 is 0 Å². The zero-order valence-corrected chi connectivity index (χ0v) is 14.9. The standard InChI is InChI=1S/C21H16Cl2O2/c22-19-11-10-18(20(23)13-19)12-21(24)25-14-15-6-8-17(9-7-15)16-4-2-1-3-5-16/h1-11,13H,12,14H2. The Kier molecular flexibility index (Phi) is 5.75. The third-order valence-electron chi connectivity index (χ3n) is 3.81. The second-order valence-electron chi connectivity index (χ2n) is 5.64. The Morgan fingerprint density at radius 2 is 1.52 bits per heavy atom. The molecule has 2 nitrogen and oxygen atoms in total. The molecule has 126 valence electrons. The van der Waals surface area contributed by atoms with E-state index in [2.05, 4.69) is 12.1 Å². The molecule has 4 heteroatoms. The van der Waals surface area contributed by atoms with Crippen LogP contribution in [-0.2, 0) is 22.6 Å². The molecule has 0 unspecified atom stereocenters. The van der Waals surface area contributed by atoms with E-state index >= 15 is 0 Å². The third-order valence-corrected chi connectivity index (χ3v) is 4.40. The summed E-state index contributed by atoms with van der Waals surface area (Å²) in [6, 6.07) is 23.2. The molecule has 0 N–H and O–H groups in total. The first-order chi connectivity index (χ1) is 12.1. The van der Waals surface area contributed by atoms with Crippen molar-refractivity contribution in [1.29, 1.82) is 0 Å². The summed E-state index contributed by atoms with van der Waals surface area (Å²) in [7, 11) is 0. The minimum atomic E-state index is -0.323. The lowest BCUT2D eigenvalue weighted by Crippen LogP contribution is -2.08. The maximum atomic E-state index is 12.0. The number of carbonyl (C=O) groups excluding carboxylic acids is 1. The predicted octanol–water partition coefficient (Wildman–Crippen LogP) is 5.95. The zero-order valence-electron chi connectivity index (χ0n) is 13.4. The Balaban J connectivity index is 1.57. The molecule has 0 saturated carbocycles. The van der Waals surface area contributed by atoms with Crippen LogP contribution in [0, 0.1) is 0 Å². The normalized spacial score (nSPS) is 10.5. The molecule has 3 aromatic rings. The third kappa shape index (κ3) is 4.85. The smallest absolute Gasteiger partial charge is 0.310 e. The van der Waals surface area contributed by atoms with Gasteiger partial charge in [0, 0.05) is 10.0 Å². The van der Waals surface area contributed by atoms with Gasteiger partial charge in [-0.25, -0.2) is 0 Å². The van der Waals surface area contributed by atoms with Gasteiger partial charge in [-0.3, -0.25) is 4.79 Å². The molecule has 0 aromatic heterocycles. The van der Waals surface area contributed by atoms with E-state index in [4.69, 9.17) is 27.9 Å². The summed E-state index contributed by atoms with van der Waals surface area (Å²) in [5, 5.41) is 1.01. The molecule has 0 aliphatic carbocycles. The molecular formula is C21H16Cl2O2. The first-order valence-corrected chi connectivity index (χ1v) is 8.61. The number of halogens is 2. The van der Waals surface area contributed by atoms with Crippen LogP contribution >= 0.6 is 23.2 Å². The van der Waals surface area contributed by atoms with E-state index in [1.165, 1.54) is 0 Å². The van der Waals surface area contributed by atoms with Gasteiger partial charge in [0.05, 0.1) is 6.42 Å². The Labute approximate surface area is 157 Å². The van der Waals surface area contributed by atoms with Crippen molar-refractivity contribution in [3.05, 3.63) is 94.0 Å². The van der Waals surface area contributed by atoms with E-state index in [0.717, 1.165) is 16.7 Å². The summed E-state index contributed by atoms with van der Waals surface area (Å²) >= 11 is 11.9. The van der Waals surface area contributed by atoms with Gasteiger partial charge in [0.2, 0.25) is 0 Å². The number of ether oxygens (including phenoxy) is 1. The summed E-state index contributed by atoms with van der Waals surface area (Å²) in [5.41, 5.74) is 3.93. The van der Waals surface area contributed by atoms with Crippen LogP contribution in [0.5, 0.6) is 0 Å². The van der Waals surface area contributed by atoms with Gasteiger partial charge in [-0.05, 0) is 34.4 Å². The second kappa shape index (κ2) is 8.19. The molecule has 0 spiro atoms. The van der Waals surface area contributed by atoms with Crippen molar-refractivity contribution in [2.45, 2.75) is 13.0 Å². The number of carbonyl (C=O) groups is 1. The topological polar surface area (TPSA) is 26.3 Å². The van der Waals surface area contributed by atoms with Crippen molar-refractivity contribution >= 4 is 29.2 Å². The second-order valence-corrected chi connectivity index (χ2v) is 6.48. The molecule has 0 fully saturated rings. The van der Waals surface area contributed by atoms with Crippen molar-refractivity contribution < 1.29 is 9.53 Å². The quantitative estimate of drug-likeness (QED) is 0.519. The first-order valence-electron chi connectivity index (χ1n) is 7.86. The van der Waals surface area contributed by atoms with Crippen molar-refractivity contribution in [2.24, 2.45) is 0 Å². The van der Waals surface area contributed by atoms with Crippen LogP contribution in [0.25, 0.3) is 11.1 Å². The van der Waals surface area contributed by atoms with Gasteiger partial charge >= 0.3 is 5.97 Å². The number of hydrogen-bond acceptors (Lipinski definition) is 2. The average Bonchev–Trinajstić information content (AvgIpc) is 2.63. The molecular weight excluding hydrogens is 355 g/mol. The van der Waals surface area contributed by atoms with Gasteiger partial charge < -0.3 is 4.74 Å². The highest BCUT2D eigenvalue weighted by atomic mass is 35.5. The fourth-order valence-electron chi connectivity index (χ4n) is 2.46. The monoisotopic (exact) mass is 370 g/mol. The summed E-state index contributed by atoms with van der Waals surface area (Å²) in [5.74, 6) is -0.323. The fraction of sp³-hybridized carbons (Fsp3) is 0.0952. The van der Waals surface area contributed by atoms with E-state index in [0.29, 0.717) is 15.6 Å². The van der Waals surface area contributed by atoms with E-state index < -0.39 is 0 Å². The van der Waals surface area contributed by atoms with Crippen molar-refractivity contribution in [3.8, 4) is 11.1 Å². The minimum Gasteiger partial charge on any atom is -0.461 e. The molecule has 0 aliphatic heterocycles. The summed E-state index contributed by atoms with van der Waals surface area (Å²) < 4.78 is 5.33. The minimum absolute atomic E-state index is 0.123. The molecule has 0 atom stereocenters. The molecule has 0 saturated heterocycles. The van der Waals surface area contributed by atoms with E-state index in [9.17, 15) is 4.79 Å². The Morgan fingerprint density at radius 1 is 0.840 bits per heavy atom. The van der Waals surface area contributed by atoms with Crippen LogP contribution in [0.15, 0.2) is 72.8 Å². The lowest BCUT2D eigenvalue weighted by molar-refractivity contribution is -0.144. The van der Waals surface area contributed by atoms with Gasteiger partial charge in [0.1, 0.15) is 6.61 Å². The molecule has 3 rings (SSSR count). The van der Waals surface area contributed by atoms with Crippen molar-refractivity contribution in [3.63, 3.8) is 0 Å². The molecule has 0 aliphatic rings. The predicted molar refractivity (Wildman–Crippen MR) is 102 cm³/mol. The van der Waals surface area contributed by atoms with Gasteiger partial charge in [-0.1, -0.05) is 83.9 Å². The van der Waals surface area contributed by atoms with Crippen LogP contribution in [-0.4, -0.2) is 5.97 Å². The Morgan fingerprint density at radius 3 is 2.20 bits per heavy atom. The number of hydrogen-bond donors (Lipinski definition) is 0. The van der Waals surface area contributed by atoms with E-state index in [-0.39, 0.29) is 19.0 Å². The molecule has 0 radical (unpaired) electrons. The lowest BCUT2D eigenvalue weighted by Gasteiger charge is -2.08. The van der Waals surface area contributed by atoms with Crippen molar-refractivity contribution in [2.75, 3.05) is 0 Å². The van der Waals surface area contributed by atoms with Gasteiger partial charge in [-0.2, -0.15) is 0 Å².